The normalized spacial score (nSPS) is 20.6. The zero-order valence-corrected chi connectivity index (χ0v) is 22.1. The van der Waals surface area contributed by atoms with E-state index in [9.17, 15) is 9.59 Å². The van der Waals surface area contributed by atoms with E-state index < -0.39 is 6.29 Å². The van der Waals surface area contributed by atoms with Crippen molar-refractivity contribution in [1.29, 1.82) is 0 Å². The first-order valence-electron chi connectivity index (χ1n) is 11.6. The molecule has 3 N–H and O–H groups in total. The smallest absolute Gasteiger partial charge is 0.254 e. The summed E-state index contributed by atoms with van der Waals surface area (Å²) in [6.45, 7) is 7.02. The number of nitrogens with two attached hydrogens (primary N) is 1. The van der Waals surface area contributed by atoms with Gasteiger partial charge in [-0.3, -0.25) is 9.59 Å². The van der Waals surface area contributed by atoms with E-state index in [-0.39, 0.29) is 24.5 Å². The molecule has 3 rings (SSSR count). The number of ether oxygens (including phenoxy) is 2. The molecule has 35 heavy (non-hydrogen) atoms. The maximum atomic E-state index is 13.4. The predicted molar refractivity (Wildman–Crippen MR) is 141 cm³/mol. The summed E-state index contributed by atoms with van der Waals surface area (Å²) in [6.07, 6.45) is 3.96. The second kappa shape index (κ2) is 11.9. The average Bonchev–Trinajstić information content (AvgIpc) is 3.14. The fourth-order valence-corrected chi connectivity index (χ4v) is 5.04. The van der Waals surface area contributed by atoms with Gasteiger partial charge in [0.15, 0.2) is 6.29 Å². The van der Waals surface area contributed by atoms with Gasteiger partial charge in [-0.05, 0) is 53.3 Å². The number of hydrogen-bond donors (Lipinski definition) is 2. The van der Waals surface area contributed by atoms with Gasteiger partial charge in [-0.25, -0.2) is 0 Å². The molecular formula is C26H36N4O4S. The molecule has 2 aromatic rings. The number of fused-ring (bicyclic) bond motifs is 1. The van der Waals surface area contributed by atoms with Gasteiger partial charge < -0.3 is 30.0 Å². The van der Waals surface area contributed by atoms with Gasteiger partial charge in [-0.2, -0.15) is 0 Å². The van der Waals surface area contributed by atoms with Crippen LogP contribution >= 0.6 is 11.8 Å². The first kappa shape index (κ1) is 27.0. The van der Waals surface area contributed by atoms with Crippen LogP contribution in [0.2, 0.25) is 0 Å². The van der Waals surface area contributed by atoms with Gasteiger partial charge in [0.25, 0.3) is 5.91 Å². The van der Waals surface area contributed by atoms with Gasteiger partial charge in [0.2, 0.25) is 0 Å². The highest BCUT2D eigenvalue weighted by Gasteiger charge is 2.31. The molecule has 1 atom stereocenters. The fourth-order valence-electron chi connectivity index (χ4n) is 4.35. The molecule has 0 unspecified atom stereocenters. The summed E-state index contributed by atoms with van der Waals surface area (Å²) in [7, 11) is 4.02. The van der Waals surface area contributed by atoms with Crippen LogP contribution in [0.3, 0.4) is 0 Å². The van der Waals surface area contributed by atoms with Crippen molar-refractivity contribution in [2.24, 2.45) is 5.73 Å². The molecule has 8 nitrogen and oxygen atoms in total. The summed E-state index contributed by atoms with van der Waals surface area (Å²) in [5.74, 6) is -0.240. The third-order valence-corrected chi connectivity index (χ3v) is 7.12. The first-order chi connectivity index (χ1) is 16.7. The number of rotatable bonds is 9. The summed E-state index contributed by atoms with van der Waals surface area (Å²) >= 11 is 1.42. The molecular weight excluding hydrogens is 464 g/mol. The van der Waals surface area contributed by atoms with Crippen LogP contribution < -0.4 is 11.1 Å². The Morgan fingerprint density at radius 3 is 2.54 bits per heavy atom. The molecule has 0 bridgehead atoms. The Bertz CT molecular complexity index is 1130. The Morgan fingerprint density at radius 1 is 1.31 bits per heavy atom. The Kier molecular flexibility index (Phi) is 9.18. The SMILES string of the molecule is CSC(/C=C(/C)N)=C(/C=O)CNC(=O)c1c(C)n([C@H](C)C2OCC(N(C)C)CO2)c2ccccc12. The highest BCUT2D eigenvalue weighted by Crippen LogP contribution is 2.32. The van der Waals surface area contributed by atoms with E-state index >= 15 is 0 Å². The highest BCUT2D eigenvalue weighted by molar-refractivity contribution is 8.02. The summed E-state index contributed by atoms with van der Waals surface area (Å²) in [5.41, 5.74) is 9.19. The molecule has 190 valence electrons. The second-order valence-electron chi connectivity index (χ2n) is 9.02. The van der Waals surface area contributed by atoms with Gasteiger partial charge in [-0.1, -0.05) is 18.2 Å². The second-order valence-corrected chi connectivity index (χ2v) is 9.87. The monoisotopic (exact) mass is 500 g/mol. The number of benzene rings is 1. The average molecular weight is 501 g/mol. The summed E-state index contributed by atoms with van der Waals surface area (Å²) in [4.78, 5) is 27.9. The van der Waals surface area contributed by atoms with Crippen LogP contribution in [-0.2, 0) is 14.3 Å². The van der Waals surface area contributed by atoms with Gasteiger partial charge in [0, 0.05) is 39.3 Å². The predicted octanol–water partition coefficient (Wildman–Crippen LogP) is 3.22. The molecule has 0 spiro atoms. The van der Waals surface area contributed by atoms with Crippen LogP contribution in [0, 0.1) is 6.92 Å². The van der Waals surface area contributed by atoms with Crippen molar-refractivity contribution in [1.82, 2.24) is 14.8 Å². The van der Waals surface area contributed by atoms with E-state index in [1.54, 1.807) is 13.0 Å². The third kappa shape index (κ3) is 5.98. The molecule has 1 aromatic carbocycles. The molecule has 1 saturated heterocycles. The number of amides is 1. The van der Waals surface area contributed by atoms with Gasteiger partial charge in [0.1, 0.15) is 6.29 Å². The quantitative estimate of drug-likeness (QED) is 0.310. The van der Waals surface area contributed by atoms with Crippen LogP contribution in [0.4, 0.5) is 0 Å². The van der Waals surface area contributed by atoms with Gasteiger partial charge in [-0.15, -0.1) is 11.8 Å². The topological polar surface area (TPSA) is 98.8 Å². The van der Waals surface area contributed by atoms with E-state index in [1.165, 1.54) is 11.8 Å². The highest BCUT2D eigenvalue weighted by atomic mass is 32.2. The van der Waals surface area contributed by atoms with Crippen LogP contribution in [0.25, 0.3) is 10.9 Å². The Balaban J connectivity index is 1.90. The minimum absolute atomic E-state index is 0.109. The van der Waals surface area contributed by atoms with E-state index in [0.717, 1.165) is 27.8 Å². The van der Waals surface area contributed by atoms with Crippen molar-refractivity contribution >= 4 is 34.9 Å². The number of likely N-dealkylation sites (N-methyl/N-ethyl adjacent to an activating group) is 1. The molecule has 1 aliphatic rings. The minimum Gasteiger partial charge on any atom is -0.402 e. The van der Waals surface area contributed by atoms with E-state index in [2.05, 4.69) is 14.8 Å². The zero-order chi connectivity index (χ0) is 25.7. The lowest BCUT2D eigenvalue weighted by Gasteiger charge is -2.36. The third-order valence-electron chi connectivity index (χ3n) is 6.30. The molecule has 2 heterocycles. The number of aromatic nitrogens is 1. The summed E-state index contributed by atoms with van der Waals surface area (Å²) in [6, 6.07) is 7.88. The lowest BCUT2D eigenvalue weighted by molar-refractivity contribution is -0.217. The molecule has 1 fully saturated rings. The number of nitrogens with one attached hydrogen (secondary N) is 1. The van der Waals surface area contributed by atoms with Crippen LogP contribution in [0.15, 0.2) is 46.5 Å². The minimum atomic E-state index is -0.420. The number of thioether (sulfide) groups is 1. The van der Waals surface area contributed by atoms with Crippen LogP contribution in [0.1, 0.15) is 35.9 Å². The number of hydrogen-bond acceptors (Lipinski definition) is 7. The van der Waals surface area contributed by atoms with Gasteiger partial charge >= 0.3 is 0 Å². The lowest BCUT2D eigenvalue weighted by atomic mass is 10.1. The summed E-state index contributed by atoms with van der Waals surface area (Å²) in [5, 5.41) is 3.77. The number of carbonyl (C=O) groups is 2. The van der Waals surface area contributed by atoms with E-state index in [0.29, 0.717) is 30.0 Å². The van der Waals surface area contributed by atoms with Crippen molar-refractivity contribution in [3.05, 3.63) is 57.8 Å². The zero-order valence-electron chi connectivity index (χ0n) is 21.3. The fraction of sp³-hybridized carbons (Fsp3) is 0.462. The Morgan fingerprint density at radius 2 is 1.97 bits per heavy atom. The number of para-hydroxylation sites is 1. The van der Waals surface area contributed by atoms with Crippen molar-refractivity contribution in [2.75, 3.05) is 40.1 Å². The van der Waals surface area contributed by atoms with E-state index in [4.69, 9.17) is 15.2 Å². The molecule has 9 heteroatoms. The number of nitrogens with zero attached hydrogens (tertiary/aromatic N) is 2. The summed E-state index contributed by atoms with van der Waals surface area (Å²) < 4.78 is 14.2. The molecule has 1 aromatic heterocycles. The molecule has 0 saturated carbocycles. The largest absolute Gasteiger partial charge is 0.402 e. The first-order valence-corrected chi connectivity index (χ1v) is 12.9. The number of carbonyl (C=O) groups excluding carboxylic acids is 2. The standard InChI is InChI=1S/C26H36N4O4S/c1-16(27)11-23(35-6)19(13-31)12-28-25(32)24-17(2)30(22-10-8-7-9-21(22)24)18(3)26-33-14-20(15-34-26)29(4)5/h7-11,13,18,20,26H,12,14-15,27H2,1-6H3,(H,28,32)/b16-11-,23-19+/t18-,20?,26?/m1/s1. The lowest BCUT2D eigenvalue weighted by Crippen LogP contribution is -2.46. The Hall–Kier alpha value is -2.59. The molecule has 0 radical (unpaired) electrons. The Labute approximate surface area is 211 Å². The van der Waals surface area contributed by atoms with Crippen LogP contribution in [-0.4, -0.2) is 74.1 Å². The van der Waals surface area contributed by atoms with Crippen molar-refractivity contribution < 1.29 is 19.1 Å². The van der Waals surface area contributed by atoms with E-state index in [1.807, 2.05) is 58.5 Å². The molecule has 0 aliphatic carbocycles. The number of aldehydes is 1. The van der Waals surface area contributed by atoms with Crippen molar-refractivity contribution in [3.63, 3.8) is 0 Å². The molecule has 1 aliphatic heterocycles. The van der Waals surface area contributed by atoms with Crippen molar-refractivity contribution in [3.8, 4) is 0 Å². The molecule has 1 amide bonds. The van der Waals surface area contributed by atoms with Gasteiger partial charge in [0.05, 0.1) is 30.9 Å². The maximum absolute atomic E-state index is 13.4. The maximum Gasteiger partial charge on any atom is 0.254 e. The van der Waals surface area contributed by atoms with Crippen LogP contribution in [0.5, 0.6) is 0 Å². The number of allylic oxidation sites excluding steroid dienone is 2. The van der Waals surface area contributed by atoms with Crippen molar-refractivity contribution in [2.45, 2.75) is 39.1 Å².